The summed E-state index contributed by atoms with van der Waals surface area (Å²) in [6, 6.07) is 10.7. The van der Waals surface area contributed by atoms with Gasteiger partial charge in [-0.2, -0.15) is 0 Å². The lowest BCUT2D eigenvalue weighted by molar-refractivity contribution is 0.102. The molecule has 24 heavy (non-hydrogen) atoms. The van der Waals surface area contributed by atoms with E-state index in [2.05, 4.69) is 10.2 Å². The molecule has 0 aromatic heterocycles. The maximum Gasteiger partial charge on any atom is 0.255 e. The number of nitrogens with zero attached hydrogens (tertiary/aromatic N) is 1. The van der Waals surface area contributed by atoms with Crippen LogP contribution in [0.1, 0.15) is 10.4 Å². The standard InChI is InChI=1S/C18H20N2O4/c1-20-8-9-24-16-11-13(5-6-14(16)20)19-18(21)12-4-7-15(22-2)17(10-12)23-3/h4-7,10-11H,8-9H2,1-3H3,(H,19,21). The summed E-state index contributed by atoms with van der Waals surface area (Å²) in [4.78, 5) is 14.6. The zero-order valence-electron chi connectivity index (χ0n) is 14.0. The highest BCUT2D eigenvalue weighted by atomic mass is 16.5. The molecule has 0 fully saturated rings. The lowest BCUT2D eigenvalue weighted by atomic mass is 10.1. The highest BCUT2D eigenvalue weighted by molar-refractivity contribution is 6.04. The van der Waals surface area contributed by atoms with Gasteiger partial charge in [0.15, 0.2) is 11.5 Å². The van der Waals surface area contributed by atoms with Gasteiger partial charge in [0.1, 0.15) is 12.4 Å². The number of hydrogen-bond donors (Lipinski definition) is 1. The lowest BCUT2D eigenvalue weighted by Crippen LogP contribution is -2.28. The monoisotopic (exact) mass is 328 g/mol. The molecule has 0 spiro atoms. The van der Waals surface area contributed by atoms with Gasteiger partial charge in [0.2, 0.25) is 0 Å². The SMILES string of the molecule is COc1ccc(C(=O)Nc2ccc3c(c2)OCCN3C)cc1OC. The van der Waals surface area contributed by atoms with Gasteiger partial charge in [-0.1, -0.05) is 0 Å². The molecule has 0 aliphatic carbocycles. The van der Waals surface area contributed by atoms with E-state index in [4.69, 9.17) is 14.2 Å². The quantitative estimate of drug-likeness (QED) is 0.935. The Balaban J connectivity index is 1.80. The summed E-state index contributed by atoms with van der Waals surface area (Å²) < 4.78 is 16.1. The van der Waals surface area contributed by atoms with Crippen molar-refractivity contribution in [3.8, 4) is 17.2 Å². The molecule has 6 heteroatoms. The van der Waals surface area contributed by atoms with Gasteiger partial charge in [-0.15, -0.1) is 0 Å². The maximum atomic E-state index is 12.5. The number of amides is 1. The van der Waals surface area contributed by atoms with Gasteiger partial charge < -0.3 is 24.4 Å². The van der Waals surface area contributed by atoms with E-state index in [0.717, 1.165) is 18.0 Å². The molecule has 0 atom stereocenters. The number of hydrogen-bond acceptors (Lipinski definition) is 5. The molecule has 3 rings (SSSR count). The topological polar surface area (TPSA) is 60.0 Å². The average molecular weight is 328 g/mol. The summed E-state index contributed by atoms with van der Waals surface area (Å²) >= 11 is 0. The summed E-state index contributed by atoms with van der Waals surface area (Å²) in [5.41, 5.74) is 2.19. The molecule has 126 valence electrons. The normalized spacial score (nSPS) is 12.9. The summed E-state index contributed by atoms with van der Waals surface area (Å²) in [7, 11) is 5.11. The molecule has 1 aliphatic heterocycles. The zero-order valence-corrected chi connectivity index (χ0v) is 14.0. The van der Waals surface area contributed by atoms with Crippen molar-refractivity contribution in [2.24, 2.45) is 0 Å². The van der Waals surface area contributed by atoms with Crippen LogP contribution in [-0.4, -0.2) is 40.3 Å². The maximum absolute atomic E-state index is 12.5. The molecule has 1 heterocycles. The van der Waals surface area contributed by atoms with Crippen LogP contribution in [0, 0.1) is 0 Å². The van der Waals surface area contributed by atoms with Crippen LogP contribution in [0.3, 0.4) is 0 Å². The van der Waals surface area contributed by atoms with Gasteiger partial charge in [-0.05, 0) is 30.3 Å². The highest BCUT2D eigenvalue weighted by Gasteiger charge is 2.16. The molecule has 0 unspecified atom stereocenters. The number of methoxy groups -OCH3 is 2. The average Bonchev–Trinajstić information content (AvgIpc) is 2.61. The predicted octanol–water partition coefficient (Wildman–Crippen LogP) is 2.78. The third-order valence-electron chi connectivity index (χ3n) is 3.96. The fraction of sp³-hybridized carbons (Fsp3) is 0.278. The molecule has 0 radical (unpaired) electrons. The van der Waals surface area contributed by atoms with Gasteiger partial charge in [-0.25, -0.2) is 0 Å². The molecule has 1 aliphatic rings. The molecule has 6 nitrogen and oxygen atoms in total. The molecule has 0 bridgehead atoms. The minimum Gasteiger partial charge on any atom is -0.493 e. The van der Waals surface area contributed by atoms with E-state index < -0.39 is 0 Å². The number of anilines is 2. The second-order valence-electron chi connectivity index (χ2n) is 5.48. The van der Waals surface area contributed by atoms with Crippen molar-refractivity contribution in [1.82, 2.24) is 0 Å². The first-order valence-electron chi connectivity index (χ1n) is 7.63. The van der Waals surface area contributed by atoms with Crippen LogP contribution in [0.15, 0.2) is 36.4 Å². The summed E-state index contributed by atoms with van der Waals surface area (Å²) in [6.07, 6.45) is 0. The smallest absolute Gasteiger partial charge is 0.255 e. The summed E-state index contributed by atoms with van der Waals surface area (Å²) in [6.45, 7) is 1.49. The third kappa shape index (κ3) is 3.08. The first-order valence-corrected chi connectivity index (χ1v) is 7.63. The summed E-state index contributed by atoms with van der Waals surface area (Å²) in [5, 5.41) is 2.88. The van der Waals surface area contributed by atoms with E-state index >= 15 is 0 Å². The lowest BCUT2D eigenvalue weighted by Gasteiger charge is -2.28. The fourth-order valence-corrected chi connectivity index (χ4v) is 2.62. The Morgan fingerprint density at radius 1 is 1.12 bits per heavy atom. The van der Waals surface area contributed by atoms with Gasteiger partial charge in [0, 0.05) is 24.4 Å². The van der Waals surface area contributed by atoms with Crippen molar-refractivity contribution in [3.05, 3.63) is 42.0 Å². The number of ether oxygens (including phenoxy) is 3. The van der Waals surface area contributed by atoms with Crippen molar-refractivity contribution in [2.45, 2.75) is 0 Å². The largest absolute Gasteiger partial charge is 0.493 e. The molecular formula is C18H20N2O4. The Morgan fingerprint density at radius 2 is 1.92 bits per heavy atom. The number of nitrogens with one attached hydrogen (secondary N) is 1. The second-order valence-corrected chi connectivity index (χ2v) is 5.48. The predicted molar refractivity (Wildman–Crippen MR) is 92.7 cm³/mol. The number of likely N-dealkylation sites (N-methyl/N-ethyl adjacent to an activating group) is 1. The van der Waals surface area contributed by atoms with E-state index in [-0.39, 0.29) is 5.91 Å². The van der Waals surface area contributed by atoms with Crippen molar-refractivity contribution >= 4 is 17.3 Å². The summed E-state index contributed by atoms with van der Waals surface area (Å²) in [5.74, 6) is 1.65. The first kappa shape index (κ1) is 16.0. The van der Waals surface area contributed by atoms with E-state index in [1.807, 2.05) is 25.2 Å². The van der Waals surface area contributed by atoms with Crippen molar-refractivity contribution in [3.63, 3.8) is 0 Å². The second kappa shape index (κ2) is 6.70. The number of benzene rings is 2. The van der Waals surface area contributed by atoms with Gasteiger partial charge in [-0.3, -0.25) is 4.79 Å². The number of fused-ring (bicyclic) bond motifs is 1. The number of carbonyl (C=O) groups is 1. The Morgan fingerprint density at radius 3 is 2.67 bits per heavy atom. The third-order valence-corrected chi connectivity index (χ3v) is 3.96. The van der Waals surface area contributed by atoms with Crippen LogP contribution in [0.2, 0.25) is 0 Å². The van der Waals surface area contributed by atoms with E-state index in [9.17, 15) is 4.79 Å². The van der Waals surface area contributed by atoms with Crippen LogP contribution in [0.25, 0.3) is 0 Å². The molecule has 2 aromatic carbocycles. The number of rotatable bonds is 4. The molecule has 0 saturated heterocycles. The van der Waals surface area contributed by atoms with Gasteiger partial charge in [0.25, 0.3) is 5.91 Å². The van der Waals surface area contributed by atoms with Crippen molar-refractivity contribution < 1.29 is 19.0 Å². The van der Waals surface area contributed by atoms with Crippen LogP contribution in [0.4, 0.5) is 11.4 Å². The Labute approximate surface area is 140 Å². The molecule has 2 aromatic rings. The van der Waals surface area contributed by atoms with E-state index in [1.54, 1.807) is 25.3 Å². The van der Waals surface area contributed by atoms with Crippen LogP contribution in [0.5, 0.6) is 17.2 Å². The van der Waals surface area contributed by atoms with Crippen LogP contribution >= 0.6 is 0 Å². The Kier molecular flexibility index (Phi) is 4.46. The minimum atomic E-state index is -0.222. The van der Waals surface area contributed by atoms with Gasteiger partial charge >= 0.3 is 0 Å². The van der Waals surface area contributed by atoms with E-state index in [1.165, 1.54) is 7.11 Å². The number of carbonyl (C=O) groups excluding carboxylic acids is 1. The molecular weight excluding hydrogens is 308 g/mol. The molecule has 1 N–H and O–H groups in total. The molecule has 1 amide bonds. The highest BCUT2D eigenvalue weighted by Crippen LogP contribution is 2.33. The Hall–Kier alpha value is -2.89. The Bertz CT molecular complexity index is 761. The van der Waals surface area contributed by atoms with Crippen LogP contribution in [-0.2, 0) is 0 Å². The fourth-order valence-electron chi connectivity index (χ4n) is 2.62. The van der Waals surface area contributed by atoms with Crippen molar-refractivity contribution in [1.29, 1.82) is 0 Å². The van der Waals surface area contributed by atoms with Crippen molar-refractivity contribution in [2.75, 3.05) is 44.6 Å². The van der Waals surface area contributed by atoms with Crippen LogP contribution < -0.4 is 24.4 Å². The minimum absolute atomic E-state index is 0.222. The molecule has 0 saturated carbocycles. The zero-order chi connectivity index (χ0) is 17.1. The van der Waals surface area contributed by atoms with Gasteiger partial charge in [0.05, 0.1) is 26.5 Å². The first-order chi connectivity index (χ1) is 11.6. The van der Waals surface area contributed by atoms with E-state index in [0.29, 0.717) is 29.4 Å².